The summed E-state index contributed by atoms with van der Waals surface area (Å²) in [5.74, 6) is 2.47. The summed E-state index contributed by atoms with van der Waals surface area (Å²) in [5, 5.41) is 15.7. The van der Waals surface area contributed by atoms with Crippen LogP contribution in [-0.2, 0) is 12.8 Å². The number of carbonyl (C=O) groups is 1. The molecule has 2 aromatic heterocycles. The van der Waals surface area contributed by atoms with Gasteiger partial charge in [0.25, 0.3) is 11.8 Å². The van der Waals surface area contributed by atoms with E-state index in [9.17, 15) is 4.79 Å². The van der Waals surface area contributed by atoms with Gasteiger partial charge in [-0.05, 0) is 60.7 Å². The van der Waals surface area contributed by atoms with E-state index in [-0.39, 0.29) is 5.91 Å². The lowest BCUT2D eigenvalue weighted by Gasteiger charge is -2.12. The van der Waals surface area contributed by atoms with Crippen LogP contribution in [0.5, 0.6) is 11.5 Å². The summed E-state index contributed by atoms with van der Waals surface area (Å²) < 4.78 is 18.1. The number of hydrogen-bond donors (Lipinski definition) is 1. The Morgan fingerprint density at radius 1 is 1.06 bits per heavy atom. The smallest absolute Gasteiger partial charge is 0.268 e. The molecule has 0 saturated carbocycles. The molecule has 4 rings (SSSR count). The summed E-state index contributed by atoms with van der Waals surface area (Å²) >= 11 is 0. The maximum atomic E-state index is 12.9. The molecule has 2 heterocycles. The lowest BCUT2D eigenvalue weighted by molar-refractivity contribution is 0.0954. The van der Waals surface area contributed by atoms with Gasteiger partial charge in [0.1, 0.15) is 5.69 Å². The summed E-state index contributed by atoms with van der Waals surface area (Å²) in [5.41, 5.74) is 4.00. The zero-order valence-electron chi connectivity index (χ0n) is 21.2. The second-order valence-electron chi connectivity index (χ2n) is 8.90. The maximum Gasteiger partial charge on any atom is 0.268 e. The number of aromatic nitrogens is 4. The molecule has 4 aromatic rings. The van der Waals surface area contributed by atoms with Gasteiger partial charge in [0.05, 0.1) is 19.9 Å². The average molecular weight is 490 g/mol. The largest absolute Gasteiger partial charge is 0.493 e. The minimum Gasteiger partial charge on any atom is -0.493 e. The highest BCUT2D eigenvalue weighted by Crippen LogP contribution is 2.27. The molecule has 0 atom stereocenters. The topological polar surface area (TPSA) is 104 Å². The Hall–Kier alpha value is -4.14. The van der Waals surface area contributed by atoms with Gasteiger partial charge in [-0.25, -0.2) is 4.68 Å². The summed E-state index contributed by atoms with van der Waals surface area (Å²) in [6.45, 7) is 6.53. The monoisotopic (exact) mass is 489 g/mol. The first kappa shape index (κ1) is 25.0. The molecule has 0 unspecified atom stereocenters. The van der Waals surface area contributed by atoms with Crippen molar-refractivity contribution >= 4 is 5.91 Å². The van der Waals surface area contributed by atoms with Crippen molar-refractivity contribution in [2.24, 2.45) is 5.92 Å². The minimum absolute atomic E-state index is 0.150. The molecule has 0 saturated heterocycles. The SMILES string of the molecule is COc1ccc(CCNC(=O)c2cccc(-n3nc(-c4nnc(C)o4)cc3CC(C)C)c2)cc1OC. The number of methoxy groups -OCH3 is 2. The van der Waals surface area contributed by atoms with E-state index >= 15 is 0 Å². The zero-order chi connectivity index (χ0) is 25.7. The molecule has 188 valence electrons. The molecular formula is C27H31N5O4. The quantitative estimate of drug-likeness (QED) is 0.352. The average Bonchev–Trinajstić information content (AvgIpc) is 3.49. The predicted octanol–water partition coefficient (Wildman–Crippen LogP) is 4.42. The van der Waals surface area contributed by atoms with Crippen LogP contribution in [0.15, 0.2) is 52.9 Å². The molecule has 0 radical (unpaired) electrons. The summed E-state index contributed by atoms with van der Waals surface area (Å²) in [7, 11) is 3.21. The number of carbonyl (C=O) groups excluding carboxylic acids is 1. The van der Waals surface area contributed by atoms with Crippen LogP contribution in [0.3, 0.4) is 0 Å². The first-order chi connectivity index (χ1) is 17.4. The Balaban J connectivity index is 1.50. The van der Waals surface area contributed by atoms with Crippen LogP contribution in [0.25, 0.3) is 17.3 Å². The van der Waals surface area contributed by atoms with E-state index in [4.69, 9.17) is 19.0 Å². The van der Waals surface area contributed by atoms with Gasteiger partial charge >= 0.3 is 0 Å². The highest BCUT2D eigenvalue weighted by Gasteiger charge is 2.17. The fraction of sp³-hybridized carbons (Fsp3) is 0.333. The van der Waals surface area contributed by atoms with Crippen LogP contribution in [0.1, 0.15) is 41.4 Å². The van der Waals surface area contributed by atoms with Crippen molar-refractivity contribution in [3.05, 3.63) is 71.2 Å². The number of amides is 1. The Bertz CT molecular complexity index is 1340. The van der Waals surface area contributed by atoms with E-state index in [0.29, 0.717) is 53.4 Å². The molecule has 0 bridgehead atoms. The number of aryl methyl sites for hydroxylation is 1. The Labute approximate surface area is 210 Å². The van der Waals surface area contributed by atoms with Crippen molar-refractivity contribution in [3.8, 4) is 28.8 Å². The number of rotatable bonds is 10. The normalized spacial score (nSPS) is 11.1. The highest BCUT2D eigenvalue weighted by atomic mass is 16.5. The summed E-state index contributed by atoms with van der Waals surface area (Å²) in [6.07, 6.45) is 1.47. The summed E-state index contributed by atoms with van der Waals surface area (Å²) in [6, 6.07) is 15.1. The van der Waals surface area contributed by atoms with Gasteiger partial charge < -0.3 is 19.2 Å². The minimum atomic E-state index is -0.150. The fourth-order valence-corrected chi connectivity index (χ4v) is 3.95. The molecule has 0 aliphatic rings. The van der Waals surface area contributed by atoms with E-state index in [1.165, 1.54) is 0 Å². The molecule has 36 heavy (non-hydrogen) atoms. The highest BCUT2D eigenvalue weighted by molar-refractivity contribution is 5.94. The Morgan fingerprint density at radius 3 is 2.56 bits per heavy atom. The first-order valence-electron chi connectivity index (χ1n) is 11.9. The third-order valence-electron chi connectivity index (χ3n) is 5.65. The molecule has 0 aliphatic carbocycles. The molecule has 9 heteroatoms. The Kier molecular flexibility index (Phi) is 7.68. The van der Waals surface area contributed by atoms with E-state index in [0.717, 1.165) is 23.4 Å². The molecule has 0 spiro atoms. The van der Waals surface area contributed by atoms with Gasteiger partial charge in [-0.2, -0.15) is 5.10 Å². The zero-order valence-corrected chi connectivity index (χ0v) is 21.2. The van der Waals surface area contributed by atoms with Crippen LogP contribution in [0.2, 0.25) is 0 Å². The number of nitrogens with zero attached hydrogens (tertiary/aromatic N) is 4. The van der Waals surface area contributed by atoms with Crippen LogP contribution in [0.4, 0.5) is 0 Å². The summed E-state index contributed by atoms with van der Waals surface area (Å²) in [4.78, 5) is 12.9. The third kappa shape index (κ3) is 5.73. The lowest BCUT2D eigenvalue weighted by Crippen LogP contribution is -2.25. The van der Waals surface area contributed by atoms with Gasteiger partial charge in [-0.1, -0.05) is 26.0 Å². The van der Waals surface area contributed by atoms with Crippen molar-refractivity contribution in [1.82, 2.24) is 25.3 Å². The number of hydrogen-bond acceptors (Lipinski definition) is 7. The second-order valence-corrected chi connectivity index (χ2v) is 8.90. The van der Waals surface area contributed by atoms with Crippen molar-refractivity contribution in [1.29, 1.82) is 0 Å². The van der Waals surface area contributed by atoms with Crippen molar-refractivity contribution in [2.45, 2.75) is 33.6 Å². The van der Waals surface area contributed by atoms with Gasteiger partial charge in [0.2, 0.25) is 5.89 Å². The van der Waals surface area contributed by atoms with Crippen molar-refractivity contribution in [2.75, 3.05) is 20.8 Å². The molecule has 1 N–H and O–H groups in total. The molecule has 2 aromatic carbocycles. The lowest BCUT2D eigenvalue weighted by atomic mass is 10.1. The van der Waals surface area contributed by atoms with E-state index in [1.54, 1.807) is 27.2 Å². The van der Waals surface area contributed by atoms with Gasteiger partial charge in [0.15, 0.2) is 11.5 Å². The van der Waals surface area contributed by atoms with Crippen LogP contribution in [0, 0.1) is 12.8 Å². The molecular weight excluding hydrogens is 458 g/mol. The molecule has 9 nitrogen and oxygen atoms in total. The molecule has 0 fully saturated rings. The number of nitrogens with one attached hydrogen (secondary N) is 1. The first-order valence-corrected chi connectivity index (χ1v) is 11.9. The number of benzene rings is 2. The van der Waals surface area contributed by atoms with Crippen LogP contribution in [-0.4, -0.2) is 46.6 Å². The van der Waals surface area contributed by atoms with Gasteiger partial charge in [0, 0.05) is 24.7 Å². The third-order valence-corrected chi connectivity index (χ3v) is 5.65. The van der Waals surface area contributed by atoms with Crippen LogP contribution < -0.4 is 14.8 Å². The Morgan fingerprint density at radius 2 is 1.86 bits per heavy atom. The van der Waals surface area contributed by atoms with E-state index < -0.39 is 0 Å². The maximum absolute atomic E-state index is 12.9. The van der Waals surface area contributed by atoms with Gasteiger partial charge in [-0.3, -0.25) is 4.79 Å². The predicted molar refractivity (Wildman–Crippen MR) is 136 cm³/mol. The van der Waals surface area contributed by atoms with Crippen molar-refractivity contribution < 1.29 is 18.7 Å². The van der Waals surface area contributed by atoms with Crippen LogP contribution >= 0.6 is 0 Å². The number of ether oxygens (including phenoxy) is 2. The second kappa shape index (κ2) is 11.1. The van der Waals surface area contributed by atoms with Crippen molar-refractivity contribution in [3.63, 3.8) is 0 Å². The molecule has 1 amide bonds. The fourth-order valence-electron chi connectivity index (χ4n) is 3.95. The van der Waals surface area contributed by atoms with E-state index in [1.807, 2.05) is 47.1 Å². The standard InChI is InChI=1S/C27H31N5O4/c1-17(2)13-22-16-23(27-30-29-18(3)36-27)31-32(22)21-8-6-7-20(15-21)26(33)28-12-11-19-9-10-24(34-4)25(14-19)35-5/h6-10,14-17H,11-13H2,1-5H3,(H,28,33). The van der Waals surface area contributed by atoms with Gasteiger partial charge in [-0.15, -0.1) is 10.2 Å². The van der Waals surface area contributed by atoms with E-state index in [2.05, 4.69) is 29.4 Å². The molecule has 0 aliphatic heterocycles.